The number of carbonyl (C=O) groups excluding carboxylic acids is 2. The number of ether oxygens (including phenoxy) is 2. The molecule has 1 fully saturated rings. The standard InChI is InChI=1S/C46H78NO11P/c1-6-8-10-11-12-13-14-15-16-17-18-19-20-21-26-30-45(51)55-37-40(38-57-59(53,54)56-35-34-47(3,4)5)58-46(52)31-27-23-22-25-29-41-42(44(50)36-43(41)49)33-32-39(48)28-24-9-7-2/h8,10,12-13,15-16,18-19,22,25,32-33,39-44,48-50H,6-7,9,11,14,17,20-21,23-24,26-31,34-38H2,1-5H3/b10-8-,13-12-,16-15-,19-18-,25-22+,33-32+/t39-,40+,41+,42+,43-,44+/m0/s1. The number of unbranched alkanes of at least 4 members (excludes halogenated alkanes) is 5. The van der Waals surface area contributed by atoms with Gasteiger partial charge in [0, 0.05) is 25.2 Å². The van der Waals surface area contributed by atoms with Crippen molar-refractivity contribution in [1.82, 2.24) is 0 Å². The molecule has 1 aliphatic rings. The molecule has 0 heterocycles. The van der Waals surface area contributed by atoms with Crippen LogP contribution in [-0.2, 0) is 32.7 Å². The number of aliphatic hydroxyl groups is 3. The Labute approximate surface area is 355 Å². The Morgan fingerprint density at radius 1 is 0.780 bits per heavy atom. The Hall–Kier alpha value is -2.67. The Morgan fingerprint density at radius 2 is 1.41 bits per heavy atom. The quantitative estimate of drug-likeness (QED) is 0.0188. The van der Waals surface area contributed by atoms with Crippen LogP contribution in [0.2, 0.25) is 0 Å². The molecule has 0 aromatic rings. The van der Waals surface area contributed by atoms with E-state index < -0.39 is 50.8 Å². The van der Waals surface area contributed by atoms with Crippen molar-refractivity contribution < 1.29 is 57.4 Å². The molecule has 0 radical (unpaired) electrons. The lowest BCUT2D eigenvalue weighted by molar-refractivity contribution is -0.870. The summed E-state index contributed by atoms with van der Waals surface area (Å²) in [6.07, 6.45) is 33.2. The second-order valence-corrected chi connectivity index (χ2v) is 17.7. The van der Waals surface area contributed by atoms with E-state index in [2.05, 4.69) is 62.5 Å². The highest BCUT2D eigenvalue weighted by Gasteiger charge is 2.39. The molecule has 3 N–H and O–H groups in total. The lowest BCUT2D eigenvalue weighted by atomic mass is 9.89. The van der Waals surface area contributed by atoms with Crippen LogP contribution in [0.5, 0.6) is 0 Å². The van der Waals surface area contributed by atoms with Gasteiger partial charge in [-0.3, -0.25) is 14.2 Å². The zero-order valence-electron chi connectivity index (χ0n) is 36.7. The van der Waals surface area contributed by atoms with Crippen LogP contribution in [0.1, 0.15) is 123 Å². The number of quaternary nitrogens is 1. The van der Waals surface area contributed by atoms with Crippen LogP contribution in [0.3, 0.4) is 0 Å². The number of phosphoric ester groups is 1. The van der Waals surface area contributed by atoms with Gasteiger partial charge < -0.3 is 43.2 Å². The van der Waals surface area contributed by atoms with E-state index >= 15 is 0 Å². The van der Waals surface area contributed by atoms with Crippen LogP contribution in [0.25, 0.3) is 0 Å². The van der Waals surface area contributed by atoms with E-state index in [1.54, 1.807) is 6.08 Å². The summed E-state index contributed by atoms with van der Waals surface area (Å²) < 4.78 is 33.8. The molecule has 0 amide bonds. The highest BCUT2D eigenvalue weighted by molar-refractivity contribution is 7.45. The minimum atomic E-state index is -4.71. The number of nitrogens with zero attached hydrogens (tertiary/aromatic N) is 1. The van der Waals surface area contributed by atoms with Gasteiger partial charge in [-0.25, -0.2) is 0 Å². The number of phosphoric acid groups is 1. The van der Waals surface area contributed by atoms with Crippen molar-refractivity contribution in [3.63, 3.8) is 0 Å². The monoisotopic (exact) mass is 852 g/mol. The molecular weight excluding hydrogens is 773 g/mol. The third-order valence-corrected chi connectivity index (χ3v) is 10.7. The van der Waals surface area contributed by atoms with E-state index in [1.807, 2.05) is 39.4 Å². The number of esters is 2. The Bertz CT molecular complexity index is 1350. The van der Waals surface area contributed by atoms with Gasteiger partial charge >= 0.3 is 11.9 Å². The van der Waals surface area contributed by atoms with E-state index in [0.29, 0.717) is 43.1 Å². The van der Waals surface area contributed by atoms with Crippen LogP contribution >= 0.6 is 7.82 Å². The minimum absolute atomic E-state index is 0.0349. The molecule has 0 aromatic carbocycles. The largest absolute Gasteiger partial charge is 0.756 e. The van der Waals surface area contributed by atoms with Gasteiger partial charge in [0.05, 0.1) is 46.1 Å². The zero-order chi connectivity index (χ0) is 43.8. The van der Waals surface area contributed by atoms with Gasteiger partial charge in [-0.05, 0) is 76.5 Å². The molecule has 0 aromatic heterocycles. The van der Waals surface area contributed by atoms with Gasteiger partial charge in [0.2, 0.25) is 0 Å². The van der Waals surface area contributed by atoms with Crippen LogP contribution in [0.4, 0.5) is 0 Å². The third kappa shape index (κ3) is 30.1. The molecule has 1 aliphatic carbocycles. The normalized spacial score (nSPS) is 21.2. The number of hydrogen-bond acceptors (Lipinski definition) is 11. The smallest absolute Gasteiger partial charge is 0.306 e. The average Bonchev–Trinajstić information content (AvgIpc) is 3.44. The summed E-state index contributed by atoms with van der Waals surface area (Å²) in [6.45, 7) is 3.65. The van der Waals surface area contributed by atoms with E-state index in [9.17, 15) is 34.4 Å². The van der Waals surface area contributed by atoms with Crippen molar-refractivity contribution >= 4 is 19.8 Å². The Morgan fingerprint density at radius 3 is 2.07 bits per heavy atom. The summed E-state index contributed by atoms with van der Waals surface area (Å²) in [5, 5.41) is 31.4. The van der Waals surface area contributed by atoms with Gasteiger partial charge in [-0.1, -0.05) is 106 Å². The van der Waals surface area contributed by atoms with E-state index in [4.69, 9.17) is 18.5 Å². The van der Waals surface area contributed by atoms with Crippen LogP contribution in [0.15, 0.2) is 72.9 Å². The minimum Gasteiger partial charge on any atom is -0.756 e. The zero-order valence-corrected chi connectivity index (χ0v) is 37.6. The fourth-order valence-electron chi connectivity index (χ4n) is 6.28. The molecule has 59 heavy (non-hydrogen) atoms. The van der Waals surface area contributed by atoms with Crippen molar-refractivity contribution in [3.8, 4) is 0 Å². The summed E-state index contributed by atoms with van der Waals surface area (Å²) in [6, 6.07) is 0. The summed E-state index contributed by atoms with van der Waals surface area (Å²) in [5.74, 6) is -1.52. The highest BCUT2D eigenvalue weighted by atomic mass is 31.2. The van der Waals surface area contributed by atoms with Gasteiger partial charge in [-0.15, -0.1) is 0 Å². The topological polar surface area (TPSA) is 172 Å². The predicted molar refractivity (Wildman–Crippen MR) is 233 cm³/mol. The van der Waals surface area contributed by atoms with Crippen molar-refractivity contribution in [2.75, 3.05) is 47.5 Å². The van der Waals surface area contributed by atoms with Crippen LogP contribution < -0.4 is 4.89 Å². The molecule has 1 unspecified atom stereocenters. The average molecular weight is 852 g/mol. The molecule has 7 atom stereocenters. The van der Waals surface area contributed by atoms with E-state index in [0.717, 1.165) is 57.8 Å². The molecule has 0 spiro atoms. The SMILES string of the molecule is CC/C=C\C/C=C\C/C=C\C/C=C\CCCCC(=O)OC[C@H](COP(=O)([O-])OCC[N+](C)(C)C)OC(=O)CCC/C=C/C[C@@H]1[C@@H](/C=C/[C@@H](O)CCCCC)[C@H](O)C[C@@H]1O. The second kappa shape index (κ2) is 33.0. The first-order valence-corrected chi connectivity index (χ1v) is 23.4. The summed E-state index contributed by atoms with van der Waals surface area (Å²) in [7, 11) is 0.979. The fourth-order valence-corrected chi connectivity index (χ4v) is 7.01. The molecule has 12 nitrogen and oxygen atoms in total. The molecule has 13 heteroatoms. The Kier molecular flexibility index (Phi) is 30.4. The maximum Gasteiger partial charge on any atom is 0.306 e. The van der Waals surface area contributed by atoms with Gasteiger partial charge in [0.25, 0.3) is 7.82 Å². The molecule has 0 aliphatic heterocycles. The maximum atomic E-state index is 12.8. The molecular formula is C46H78NO11P. The number of hydrogen-bond donors (Lipinski definition) is 3. The van der Waals surface area contributed by atoms with Gasteiger partial charge in [-0.2, -0.15) is 0 Å². The van der Waals surface area contributed by atoms with Crippen molar-refractivity contribution in [1.29, 1.82) is 0 Å². The first kappa shape index (κ1) is 54.3. The molecule has 338 valence electrons. The first-order valence-electron chi connectivity index (χ1n) is 21.9. The Balaban J connectivity index is 2.56. The number of rotatable bonds is 34. The number of likely N-dealkylation sites (N-methyl/N-ethyl adjacent to an activating group) is 1. The van der Waals surface area contributed by atoms with E-state index in [-0.39, 0.29) is 44.3 Å². The van der Waals surface area contributed by atoms with Gasteiger partial charge in [0.1, 0.15) is 19.8 Å². The first-order chi connectivity index (χ1) is 28.2. The van der Waals surface area contributed by atoms with Crippen LogP contribution in [-0.4, -0.2) is 104 Å². The van der Waals surface area contributed by atoms with E-state index in [1.165, 1.54) is 0 Å². The van der Waals surface area contributed by atoms with Gasteiger partial charge in [0.15, 0.2) is 6.10 Å². The van der Waals surface area contributed by atoms with Crippen molar-refractivity contribution in [3.05, 3.63) is 72.9 Å². The molecule has 0 saturated heterocycles. The van der Waals surface area contributed by atoms with Crippen molar-refractivity contribution in [2.24, 2.45) is 11.8 Å². The molecule has 0 bridgehead atoms. The summed E-state index contributed by atoms with van der Waals surface area (Å²) >= 11 is 0. The summed E-state index contributed by atoms with van der Waals surface area (Å²) in [5.41, 5.74) is 0. The molecule has 1 saturated carbocycles. The number of allylic oxidation sites excluding steroid dienone is 10. The summed E-state index contributed by atoms with van der Waals surface area (Å²) in [4.78, 5) is 37.7. The lowest BCUT2D eigenvalue weighted by Gasteiger charge is -2.28. The third-order valence-electron chi connectivity index (χ3n) is 9.78. The maximum absolute atomic E-state index is 12.8. The fraction of sp³-hybridized carbons (Fsp3) is 0.696. The lowest BCUT2D eigenvalue weighted by Crippen LogP contribution is -2.37. The number of aliphatic hydroxyl groups excluding tert-OH is 3. The molecule has 1 rings (SSSR count). The predicted octanol–water partition coefficient (Wildman–Crippen LogP) is 7.99. The highest BCUT2D eigenvalue weighted by Crippen LogP contribution is 2.38. The van der Waals surface area contributed by atoms with Crippen molar-refractivity contribution in [2.45, 2.75) is 147 Å². The second-order valence-electron chi connectivity index (χ2n) is 16.3. The number of carbonyl (C=O) groups is 2. The van der Waals surface area contributed by atoms with Crippen LogP contribution in [0, 0.1) is 11.8 Å².